The quantitative estimate of drug-likeness (QED) is 0.677. The summed E-state index contributed by atoms with van der Waals surface area (Å²) < 4.78 is 14.3. The summed E-state index contributed by atoms with van der Waals surface area (Å²) in [4.78, 5) is 11.4. The maximum Gasteiger partial charge on any atom is 0.293 e. The van der Waals surface area contributed by atoms with E-state index in [1.807, 2.05) is 0 Å². The summed E-state index contributed by atoms with van der Waals surface area (Å²) >= 11 is 10.6. The van der Waals surface area contributed by atoms with Crippen molar-refractivity contribution in [2.24, 2.45) is 5.10 Å². The van der Waals surface area contributed by atoms with Gasteiger partial charge in [0, 0.05) is 5.56 Å². The van der Waals surface area contributed by atoms with Gasteiger partial charge in [0.15, 0.2) is 0 Å². The van der Waals surface area contributed by atoms with Crippen molar-refractivity contribution in [2.75, 3.05) is 0 Å². The van der Waals surface area contributed by atoms with Gasteiger partial charge in [-0.2, -0.15) is 14.9 Å². The van der Waals surface area contributed by atoms with Gasteiger partial charge in [0.1, 0.15) is 12.0 Å². The number of nitrogens with one attached hydrogen (secondary N) is 1. The SMILES string of the molecule is O=c1cn[nH]c(=S)n1/N=C\c1c(F)cccc1Cl. The fraction of sp³-hybridized carbons (Fsp3) is 0. The molecule has 1 aromatic carbocycles. The fourth-order valence-corrected chi connectivity index (χ4v) is 1.61. The summed E-state index contributed by atoms with van der Waals surface area (Å²) in [5.41, 5.74) is -0.445. The Kier molecular flexibility index (Phi) is 3.63. The van der Waals surface area contributed by atoms with E-state index >= 15 is 0 Å². The average molecular weight is 285 g/mol. The average Bonchev–Trinajstić information content (AvgIpc) is 2.31. The Hall–Kier alpha value is -1.86. The molecule has 0 aliphatic heterocycles. The van der Waals surface area contributed by atoms with Crippen LogP contribution < -0.4 is 5.56 Å². The van der Waals surface area contributed by atoms with E-state index < -0.39 is 11.4 Å². The number of aromatic amines is 1. The first kappa shape index (κ1) is 12.6. The van der Waals surface area contributed by atoms with Crippen LogP contribution in [0.1, 0.15) is 5.56 Å². The molecule has 1 aromatic heterocycles. The third-order valence-electron chi connectivity index (χ3n) is 2.04. The molecule has 0 radical (unpaired) electrons. The highest BCUT2D eigenvalue weighted by Crippen LogP contribution is 2.16. The Labute approximate surface area is 111 Å². The van der Waals surface area contributed by atoms with Gasteiger partial charge in [-0.15, -0.1) is 0 Å². The molecule has 0 aliphatic carbocycles. The molecule has 2 rings (SSSR count). The van der Waals surface area contributed by atoms with Gasteiger partial charge in [-0.1, -0.05) is 17.7 Å². The number of hydrogen-bond acceptors (Lipinski definition) is 4. The second kappa shape index (κ2) is 5.19. The smallest absolute Gasteiger partial charge is 0.265 e. The molecule has 0 saturated heterocycles. The van der Waals surface area contributed by atoms with E-state index in [9.17, 15) is 9.18 Å². The molecule has 0 saturated carbocycles. The number of benzene rings is 1. The summed E-state index contributed by atoms with van der Waals surface area (Å²) in [7, 11) is 0. The number of rotatable bonds is 2. The van der Waals surface area contributed by atoms with Gasteiger partial charge in [-0.05, 0) is 24.4 Å². The number of nitrogens with zero attached hydrogens (tertiary/aromatic N) is 3. The number of H-pyrrole nitrogens is 1. The molecule has 0 bridgehead atoms. The predicted molar refractivity (Wildman–Crippen MR) is 68.1 cm³/mol. The Bertz CT molecular complexity index is 676. The van der Waals surface area contributed by atoms with Crippen molar-refractivity contribution >= 4 is 30.0 Å². The molecule has 92 valence electrons. The Morgan fingerprint density at radius 1 is 1.56 bits per heavy atom. The van der Waals surface area contributed by atoms with Crippen molar-refractivity contribution < 1.29 is 4.39 Å². The molecule has 8 heteroatoms. The van der Waals surface area contributed by atoms with Crippen molar-refractivity contribution in [1.29, 1.82) is 0 Å². The minimum atomic E-state index is -0.539. The summed E-state index contributed by atoms with van der Waals surface area (Å²) in [5, 5.41) is 9.86. The van der Waals surface area contributed by atoms with Crippen LogP contribution in [-0.2, 0) is 0 Å². The van der Waals surface area contributed by atoms with Gasteiger partial charge in [-0.25, -0.2) is 4.39 Å². The van der Waals surface area contributed by atoms with E-state index in [1.165, 1.54) is 18.2 Å². The highest BCUT2D eigenvalue weighted by Gasteiger charge is 2.04. The molecule has 1 heterocycles. The number of aromatic nitrogens is 3. The lowest BCUT2D eigenvalue weighted by Crippen LogP contribution is -2.18. The van der Waals surface area contributed by atoms with E-state index in [1.54, 1.807) is 0 Å². The molecular formula is C10H6ClFN4OS. The Morgan fingerprint density at radius 2 is 2.33 bits per heavy atom. The molecule has 0 aliphatic rings. The topological polar surface area (TPSA) is 63.0 Å². The largest absolute Gasteiger partial charge is 0.293 e. The molecule has 0 fully saturated rings. The highest BCUT2D eigenvalue weighted by atomic mass is 35.5. The zero-order valence-corrected chi connectivity index (χ0v) is 10.4. The van der Waals surface area contributed by atoms with Crippen LogP contribution in [0.2, 0.25) is 5.02 Å². The van der Waals surface area contributed by atoms with E-state index in [4.69, 9.17) is 23.8 Å². The first-order valence-corrected chi connectivity index (χ1v) is 5.53. The summed E-state index contributed by atoms with van der Waals surface area (Å²) in [6, 6.07) is 4.23. The van der Waals surface area contributed by atoms with Crippen LogP contribution in [0.3, 0.4) is 0 Å². The van der Waals surface area contributed by atoms with Crippen LogP contribution in [0, 0.1) is 10.6 Å². The molecule has 0 spiro atoms. The first-order chi connectivity index (χ1) is 8.59. The second-order valence-electron chi connectivity index (χ2n) is 3.21. The van der Waals surface area contributed by atoms with Crippen LogP contribution in [-0.4, -0.2) is 21.1 Å². The minimum absolute atomic E-state index is 0.00575. The number of halogens is 2. The van der Waals surface area contributed by atoms with Crippen LogP contribution in [0.5, 0.6) is 0 Å². The Balaban J connectivity index is 2.49. The monoisotopic (exact) mass is 284 g/mol. The van der Waals surface area contributed by atoms with Crippen molar-refractivity contribution in [3.63, 3.8) is 0 Å². The number of hydrogen-bond donors (Lipinski definition) is 1. The normalized spacial score (nSPS) is 11.0. The predicted octanol–water partition coefficient (Wildman–Crippen LogP) is 1.98. The fourth-order valence-electron chi connectivity index (χ4n) is 1.20. The van der Waals surface area contributed by atoms with E-state index in [0.29, 0.717) is 0 Å². The zero-order chi connectivity index (χ0) is 13.1. The third-order valence-corrected chi connectivity index (χ3v) is 2.63. The molecule has 18 heavy (non-hydrogen) atoms. The maximum atomic E-state index is 13.4. The van der Waals surface area contributed by atoms with Crippen molar-refractivity contribution in [2.45, 2.75) is 0 Å². The molecule has 0 atom stereocenters. The van der Waals surface area contributed by atoms with Gasteiger partial charge >= 0.3 is 0 Å². The standard InChI is InChI=1S/C10H6ClFN4OS/c11-7-2-1-3-8(12)6(7)4-14-16-9(17)5-13-15-10(16)18/h1-5H,(H,15,18)/b14-4-. The minimum Gasteiger partial charge on any atom is -0.265 e. The van der Waals surface area contributed by atoms with Crippen molar-refractivity contribution in [1.82, 2.24) is 14.9 Å². The maximum absolute atomic E-state index is 13.4. The van der Waals surface area contributed by atoms with Crippen LogP contribution >= 0.6 is 23.8 Å². The first-order valence-electron chi connectivity index (χ1n) is 4.74. The van der Waals surface area contributed by atoms with Gasteiger partial charge in [0.2, 0.25) is 4.77 Å². The van der Waals surface area contributed by atoms with E-state index in [-0.39, 0.29) is 15.4 Å². The molecule has 5 nitrogen and oxygen atoms in total. The van der Waals surface area contributed by atoms with Crippen LogP contribution in [0.4, 0.5) is 4.39 Å². The lowest BCUT2D eigenvalue weighted by atomic mass is 10.2. The van der Waals surface area contributed by atoms with Gasteiger partial charge in [-0.3, -0.25) is 9.89 Å². The zero-order valence-electron chi connectivity index (χ0n) is 8.80. The summed E-state index contributed by atoms with van der Waals surface area (Å²) in [5.74, 6) is -0.539. The summed E-state index contributed by atoms with van der Waals surface area (Å²) in [6.07, 6.45) is 2.14. The van der Waals surface area contributed by atoms with E-state index in [2.05, 4.69) is 15.3 Å². The van der Waals surface area contributed by atoms with Gasteiger partial charge < -0.3 is 0 Å². The lowest BCUT2D eigenvalue weighted by Gasteiger charge is -2.00. The van der Waals surface area contributed by atoms with Gasteiger partial charge in [0.25, 0.3) is 5.56 Å². The van der Waals surface area contributed by atoms with E-state index in [0.717, 1.165) is 17.1 Å². The lowest BCUT2D eigenvalue weighted by molar-refractivity contribution is 0.625. The Morgan fingerprint density at radius 3 is 3.00 bits per heavy atom. The van der Waals surface area contributed by atoms with Crippen LogP contribution in [0.15, 0.2) is 34.3 Å². The molecule has 0 amide bonds. The molecule has 1 N–H and O–H groups in total. The molecular weight excluding hydrogens is 279 g/mol. The van der Waals surface area contributed by atoms with Crippen molar-refractivity contribution in [3.8, 4) is 0 Å². The van der Waals surface area contributed by atoms with Gasteiger partial charge in [0.05, 0.1) is 11.2 Å². The highest BCUT2D eigenvalue weighted by molar-refractivity contribution is 7.71. The molecule has 0 unspecified atom stereocenters. The van der Waals surface area contributed by atoms with Crippen molar-refractivity contribution in [3.05, 3.63) is 55.9 Å². The molecule has 2 aromatic rings. The van der Waals surface area contributed by atoms with Crippen LogP contribution in [0.25, 0.3) is 0 Å². The third kappa shape index (κ3) is 2.52. The second-order valence-corrected chi connectivity index (χ2v) is 4.00. The summed E-state index contributed by atoms with van der Waals surface area (Å²) in [6.45, 7) is 0.